The summed E-state index contributed by atoms with van der Waals surface area (Å²) in [6.45, 7) is 6.54. The SMILES string of the molecule is CCC(=O)O[C@H]1CC[C@H]2[C@@H]3CCC4=CCC[C@H](C)[C@]4(C=O)[C@H]3CC[C@]12C. The average molecular weight is 359 g/mol. The van der Waals surface area contributed by atoms with Crippen molar-refractivity contribution in [3.05, 3.63) is 11.6 Å². The lowest BCUT2D eigenvalue weighted by molar-refractivity contribution is -0.160. The smallest absolute Gasteiger partial charge is 0.305 e. The van der Waals surface area contributed by atoms with E-state index in [0.29, 0.717) is 30.1 Å². The summed E-state index contributed by atoms with van der Waals surface area (Å²) in [4.78, 5) is 24.4. The number of rotatable bonds is 3. The highest BCUT2D eigenvalue weighted by molar-refractivity contribution is 5.69. The molecule has 4 aliphatic rings. The molecule has 4 rings (SSSR count). The number of esters is 1. The largest absolute Gasteiger partial charge is 0.462 e. The van der Waals surface area contributed by atoms with E-state index < -0.39 is 0 Å². The van der Waals surface area contributed by atoms with Crippen molar-refractivity contribution in [1.29, 1.82) is 0 Å². The molecule has 0 spiro atoms. The molecule has 0 aromatic rings. The lowest BCUT2D eigenvalue weighted by Crippen LogP contribution is -2.55. The number of fused-ring (bicyclic) bond motifs is 5. The number of aldehydes is 1. The number of carbonyl (C=O) groups is 2. The van der Waals surface area contributed by atoms with Crippen LogP contribution in [0.1, 0.15) is 78.6 Å². The third-order valence-corrected chi connectivity index (χ3v) is 8.83. The number of hydrogen-bond donors (Lipinski definition) is 0. The zero-order valence-corrected chi connectivity index (χ0v) is 16.6. The van der Waals surface area contributed by atoms with E-state index in [1.54, 1.807) is 0 Å². The molecule has 0 saturated heterocycles. The summed E-state index contributed by atoms with van der Waals surface area (Å²) >= 11 is 0. The number of hydrogen-bond acceptors (Lipinski definition) is 3. The van der Waals surface area contributed by atoms with E-state index in [4.69, 9.17) is 4.74 Å². The Morgan fingerprint density at radius 3 is 2.77 bits per heavy atom. The second-order valence-electron chi connectivity index (χ2n) is 9.63. The summed E-state index contributed by atoms with van der Waals surface area (Å²) in [6, 6.07) is 0. The van der Waals surface area contributed by atoms with Gasteiger partial charge in [0.2, 0.25) is 0 Å². The van der Waals surface area contributed by atoms with E-state index >= 15 is 0 Å². The van der Waals surface area contributed by atoms with Crippen molar-refractivity contribution < 1.29 is 14.3 Å². The monoisotopic (exact) mass is 358 g/mol. The lowest BCUT2D eigenvalue weighted by Gasteiger charge is -2.58. The van der Waals surface area contributed by atoms with Crippen LogP contribution in [0.25, 0.3) is 0 Å². The fourth-order valence-corrected chi connectivity index (χ4v) is 7.43. The molecule has 0 aromatic heterocycles. The fourth-order valence-electron chi connectivity index (χ4n) is 7.43. The second kappa shape index (κ2) is 6.49. The minimum atomic E-state index is -0.208. The molecule has 26 heavy (non-hydrogen) atoms. The quantitative estimate of drug-likeness (QED) is 0.401. The lowest BCUT2D eigenvalue weighted by atomic mass is 9.45. The van der Waals surface area contributed by atoms with Crippen molar-refractivity contribution in [2.24, 2.45) is 34.5 Å². The summed E-state index contributed by atoms with van der Waals surface area (Å²) in [6.07, 6.45) is 13.2. The molecule has 4 aliphatic carbocycles. The Kier molecular flexibility index (Phi) is 4.56. The van der Waals surface area contributed by atoms with E-state index in [-0.39, 0.29) is 22.9 Å². The van der Waals surface area contributed by atoms with Crippen LogP contribution in [-0.4, -0.2) is 18.4 Å². The Labute approximate surface area is 157 Å². The Morgan fingerprint density at radius 1 is 1.23 bits per heavy atom. The van der Waals surface area contributed by atoms with Gasteiger partial charge in [-0.2, -0.15) is 0 Å². The Hall–Kier alpha value is -1.12. The first kappa shape index (κ1) is 18.3. The maximum absolute atomic E-state index is 12.5. The number of allylic oxidation sites excluding steroid dienone is 2. The molecule has 3 heteroatoms. The van der Waals surface area contributed by atoms with Gasteiger partial charge in [-0.3, -0.25) is 4.79 Å². The summed E-state index contributed by atoms with van der Waals surface area (Å²) in [5, 5.41) is 0. The molecule has 0 unspecified atom stereocenters. The molecule has 3 nitrogen and oxygen atoms in total. The summed E-state index contributed by atoms with van der Waals surface area (Å²) in [5.74, 6) is 2.12. The molecular formula is C23H34O3. The van der Waals surface area contributed by atoms with Crippen molar-refractivity contribution >= 4 is 12.3 Å². The van der Waals surface area contributed by atoms with Gasteiger partial charge in [0, 0.05) is 11.8 Å². The van der Waals surface area contributed by atoms with Gasteiger partial charge in [0.25, 0.3) is 0 Å². The fraction of sp³-hybridized carbons (Fsp3) is 0.826. The molecule has 144 valence electrons. The number of ether oxygens (including phenoxy) is 1. The first-order valence-corrected chi connectivity index (χ1v) is 10.8. The van der Waals surface area contributed by atoms with Crippen molar-refractivity contribution in [3.8, 4) is 0 Å². The van der Waals surface area contributed by atoms with Crippen molar-refractivity contribution in [2.75, 3.05) is 0 Å². The Balaban J connectivity index is 1.64. The first-order valence-electron chi connectivity index (χ1n) is 10.8. The van der Waals surface area contributed by atoms with Gasteiger partial charge in [-0.25, -0.2) is 0 Å². The third-order valence-electron chi connectivity index (χ3n) is 8.83. The van der Waals surface area contributed by atoms with Crippen LogP contribution in [0.3, 0.4) is 0 Å². The van der Waals surface area contributed by atoms with Gasteiger partial charge >= 0.3 is 5.97 Å². The van der Waals surface area contributed by atoms with E-state index in [1.165, 1.54) is 18.3 Å². The zero-order chi connectivity index (χ0) is 18.5. The maximum Gasteiger partial charge on any atom is 0.305 e. The van der Waals surface area contributed by atoms with E-state index in [1.807, 2.05) is 6.92 Å². The minimum absolute atomic E-state index is 0.0573. The van der Waals surface area contributed by atoms with Crippen LogP contribution in [0, 0.1) is 34.5 Å². The highest BCUT2D eigenvalue weighted by Gasteiger charge is 2.62. The van der Waals surface area contributed by atoms with Crippen LogP contribution in [-0.2, 0) is 14.3 Å². The molecule has 0 bridgehead atoms. The third kappa shape index (κ3) is 2.38. The van der Waals surface area contributed by atoms with Crippen LogP contribution >= 0.6 is 0 Å². The van der Waals surface area contributed by atoms with E-state index in [9.17, 15) is 9.59 Å². The summed E-state index contributed by atoms with van der Waals surface area (Å²) in [5.41, 5.74) is 1.35. The van der Waals surface area contributed by atoms with Crippen LogP contribution in [0.15, 0.2) is 11.6 Å². The molecule has 0 aromatic carbocycles. The molecular weight excluding hydrogens is 324 g/mol. The van der Waals surface area contributed by atoms with Crippen molar-refractivity contribution in [3.63, 3.8) is 0 Å². The van der Waals surface area contributed by atoms with Crippen LogP contribution in [0.4, 0.5) is 0 Å². The Morgan fingerprint density at radius 2 is 2.04 bits per heavy atom. The molecule has 7 atom stereocenters. The van der Waals surface area contributed by atoms with Gasteiger partial charge < -0.3 is 9.53 Å². The van der Waals surface area contributed by atoms with E-state index in [0.717, 1.165) is 44.9 Å². The topological polar surface area (TPSA) is 43.4 Å². The van der Waals surface area contributed by atoms with Crippen molar-refractivity contribution in [1.82, 2.24) is 0 Å². The van der Waals surface area contributed by atoms with Crippen LogP contribution in [0.5, 0.6) is 0 Å². The van der Waals surface area contributed by atoms with E-state index in [2.05, 4.69) is 19.9 Å². The van der Waals surface area contributed by atoms with Crippen LogP contribution < -0.4 is 0 Å². The molecule has 0 N–H and O–H groups in total. The molecule has 3 fully saturated rings. The zero-order valence-electron chi connectivity index (χ0n) is 16.6. The Bertz CT molecular complexity index is 623. The molecule has 3 saturated carbocycles. The van der Waals surface area contributed by atoms with Gasteiger partial charge in [-0.15, -0.1) is 0 Å². The average Bonchev–Trinajstić information content (AvgIpc) is 2.98. The normalized spacial score (nSPS) is 47.2. The molecule has 0 heterocycles. The van der Waals surface area contributed by atoms with Gasteiger partial charge in [0.15, 0.2) is 0 Å². The van der Waals surface area contributed by atoms with Gasteiger partial charge in [0.05, 0.1) is 5.41 Å². The predicted molar refractivity (Wildman–Crippen MR) is 101 cm³/mol. The highest BCUT2D eigenvalue weighted by Crippen LogP contribution is 2.66. The van der Waals surface area contributed by atoms with Gasteiger partial charge in [0.1, 0.15) is 12.4 Å². The summed E-state index contributed by atoms with van der Waals surface area (Å²) < 4.78 is 5.87. The van der Waals surface area contributed by atoms with Crippen molar-refractivity contribution in [2.45, 2.75) is 84.7 Å². The first-order chi connectivity index (χ1) is 12.5. The standard InChI is InChI=1S/C23H34O3/c1-4-21(25)26-20-11-10-18-17-9-8-16-7-5-6-15(2)23(16,14-24)19(17)12-13-22(18,20)3/h7,14-15,17-20H,4-6,8-13H2,1-3H3/t15-,17-,18-,19-,20-,22-,23-/m0/s1. The van der Waals surface area contributed by atoms with Gasteiger partial charge in [-0.1, -0.05) is 32.4 Å². The second-order valence-corrected chi connectivity index (χ2v) is 9.63. The molecule has 0 amide bonds. The van der Waals surface area contributed by atoms with Gasteiger partial charge in [-0.05, 0) is 75.0 Å². The minimum Gasteiger partial charge on any atom is -0.462 e. The predicted octanol–water partition coefficient (Wildman–Crippen LogP) is 5.09. The summed E-state index contributed by atoms with van der Waals surface area (Å²) in [7, 11) is 0. The van der Waals surface area contributed by atoms with Crippen LogP contribution in [0.2, 0.25) is 0 Å². The molecule has 0 radical (unpaired) electrons. The highest BCUT2D eigenvalue weighted by atomic mass is 16.5. The maximum atomic E-state index is 12.5. The molecule has 0 aliphatic heterocycles. The number of carbonyl (C=O) groups excluding carboxylic acids is 2.